The van der Waals surface area contributed by atoms with Gasteiger partial charge in [0.1, 0.15) is 0 Å². The van der Waals surface area contributed by atoms with Crippen LogP contribution in [0.3, 0.4) is 0 Å². The first-order chi connectivity index (χ1) is 11.8. The maximum atomic E-state index is 12.5. The van der Waals surface area contributed by atoms with Crippen LogP contribution in [0.1, 0.15) is 36.7 Å². The van der Waals surface area contributed by atoms with E-state index in [1.54, 1.807) is 30.0 Å². The van der Waals surface area contributed by atoms with Gasteiger partial charge >= 0.3 is 5.97 Å². The molecule has 0 aromatic heterocycles. The lowest BCUT2D eigenvalue weighted by Gasteiger charge is -2.17. The molecule has 1 aliphatic rings. The predicted molar refractivity (Wildman–Crippen MR) is 93.7 cm³/mol. The molecule has 0 fully saturated rings. The number of amides is 1. The molecule has 0 aliphatic carbocycles. The molecule has 2 atom stereocenters. The van der Waals surface area contributed by atoms with Gasteiger partial charge in [0, 0.05) is 24.7 Å². The Labute approximate surface area is 147 Å². The van der Waals surface area contributed by atoms with Gasteiger partial charge in [0.25, 0.3) is 0 Å². The summed E-state index contributed by atoms with van der Waals surface area (Å²) >= 11 is 0. The van der Waals surface area contributed by atoms with E-state index in [4.69, 9.17) is 9.47 Å². The molecule has 1 aromatic rings. The van der Waals surface area contributed by atoms with E-state index in [-0.39, 0.29) is 18.3 Å². The highest BCUT2D eigenvalue weighted by Gasteiger charge is 2.26. The first-order valence-corrected chi connectivity index (χ1v) is 8.23. The van der Waals surface area contributed by atoms with E-state index >= 15 is 0 Å². The third-order valence-electron chi connectivity index (χ3n) is 4.10. The van der Waals surface area contributed by atoms with Crippen molar-refractivity contribution in [3.63, 3.8) is 0 Å². The van der Waals surface area contributed by atoms with E-state index in [0.29, 0.717) is 18.5 Å². The van der Waals surface area contributed by atoms with Crippen molar-refractivity contribution < 1.29 is 23.9 Å². The fourth-order valence-corrected chi connectivity index (χ4v) is 2.72. The summed E-state index contributed by atoms with van der Waals surface area (Å²) in [7, 11) is 0. The number of carbonyl (C=O) groups excluding carboxylic acids is 3. The van der Waals surface area contributed by atoms with E-state index in [1.165, 1.54) is 19.9 Å². The van der Waals surface area contributed by atoms with Gasteiger partial charge in [0.15, 0.2) is 12.2 Å². The summed E-state index contributed by atoms with van der Waals surface area (Å²) in [6.45, 7) is 8.98. The Kier molecular flexibility index (Phi) is 6.09. The Morgan fingerprint density at radius 2 is 2.00 bits per heavy atom. The Balaban J connectivity index is 2.04. The number of anilines is 1. The van der Waals surface area contributed by atoms with Crippen molar-refractivity contribution in [1.29, 1.82) is 0 Å². The molecule has 6 heteroatoms. The zero-order valence-electron chi connectivity index (χ0n) is 14.8. The molecule has 2 rings (SSSR count). The van der Waals surface area contributed by atoms with Gasteiger partial charge in [-0.3, -0.25) is 9.59 Å². The second kappa shape index (κ2) is 8.07. The molecular formula is C19H23NO5. The summed E-state index contributed by atoms with van der Waals surface area (Å²) in [5.74, 6) is -0.895. The summed E-state index contributed by atoms with van der Waals surface area (Å²) in [4.78, 5) is 37.7. The van der Waals surface area contributed by atoms with E-state index in [1.807, 2.05) is 0 Å². The van der Waals surface area contributed by atoms with Gasteiger partial charge in [-0.15, -0.1) is 6.58 Å². The van der Waals surface area contributed by atoms with Gasteiger partial charge in [-0.05, 0) is 44.0 Å². The zero-order chi connectivity index (χ0) is 18.6. The van der Waals surface area contributed by atoms with Gasteiger partial charge in [-0.1, -0.05) is 6.08 Å². The lowest BCUT2D eigenvalue weighted by Crippen LogP contribution is -2.31. The smallest absolute Gasteiger partial charge is 0.335 e. The van der Waals surface area contributed by atoms with Crippen molar-refractivity contribution in [3.8, 4) is 0 Å². The van der Waals surface area contributed by atoms with E-state index in [2.05, 4.69) is 6.58 Å². The van der Waals surface area contributed by atoms with E-state index in [0.717, 1.165) is 11.3 Å². The number of nitrogens with zero attached hydrogens (tertiary/aromatic N) is 1. The van der Waals surface area contributed by atoms with Crippen molar-refractivity contribution in [1.82, 2.24) is 0 Å². The number of hydrogen-bond donors (Lipinski definition) is 0. The summed E-state index contributed by atoms with van der Waals surface area (Å²) in [5, 5.41) is 0. The monoisotopic (exact) mass is 345 g/mol. The Morgan fingerprint density at radius 1 is 1.28 bits per heavy atom. The highest BCUT2D eigenvalue weighted by Crippen LogP contribution is 2.29. The molecule has 1 aromatic carbocycles. The van der Waals surface area contributed by atoms with Gasteiger partial charge < -0.3 is 14.4 Å². The maximum Gasteiger partial charge on any atom is 0.335 e. The number of esters is 1. The van der Waals surface area contributed by atoms with Crippen molar-refractivity contribution >= 4 is 23.3 Å². The van der Waals surface area contributed by atoms with Crippen molar-refractivity contribution in [2.75, 3.05) is 18.1 Å². The fourth-order valence-electron chi connectivity index (χ4n) is 2.72. The zero-order valence-corrected chi connectivity index (χ0v) is 14.8. The molecule has 0 bridgehead atoms. The summed E-state index contributed by atoms with van der Waals surface area (Å²) < 4.78 is 10.4. The fraction of sp³-hybridized carbons (Fsp3) is 0.421. The van der Waals surface area contributed by atoms with Crippen LogP contribution in [-0.4, -0.2) is 43.0 Å². The highest BCUT2D eigenvalue weighted by atomic mass is 16.6. The standard InChI is InChI=1S/C19H23NO5/c1-5-10-24-13(3)19(23)25-12(2)18(22)16-6-7-17-15(11-16)8-9-20(17)14(4)21/h5-7,11-13H,1,8-10H2,2-4H3. The van der Waals surface area contributed by atoms with E-state index in [9.17, 15) is 14.4 Å². The largest absolute Gasteiger partial charge is 0.452 e. The molecule has 0 saturated carbocycles. The number of hydrogen-bond acceptors (Lipinski definition) is 5. The molecule has 0 spiro atoms. The second-order valence-electron chi connectivity index (χ2n) is 5.97. The summed E-state index contributed by atoms with van der Waals surface area (Å²) in [6.07, 6.45) is 0.562. The second-order valence-corrected chi connectivity index (χ2v) is 5.97. The van der Waals surface area contributed by atoms with Crippen LogP contribution in [0.4, 0.5) is 5.69 Å². The number of ether oxygens (including phenoxy) is 2. The van der Waals surface area contributed by atoms with Crippen LogP contribution in [0.5, 0.6) is 0 Å². The minimum absolute atomic E-state index is 0.0198. The first kappa shape index (κ1) is 18.9. The Bertz CT molecular complexity index is 697. The first-order valence-electron chi connectivity index (χ1n) is 8.23. The molecule has 6 nitrogen and oxygen atoms in total. The lowest BCUT2D eigenvalue weighted by atomic mass is 10.0. The minimum atomic E-state index is -0.911. The number of carbonyl (C=O) groups is 3. The number of Topliss-reactive ketones (excluding diaryl/α,β-unsaturated/α-hetero) is 1. The topological polar surface area (TPSA) is 72.9 Å². The predicted octanol–water partition coefficient (Wildman–Crippen LogP) is 2.30. The molecule has 1 aliphatic heterocycles. The lowest BCUT2D eigenvalue weighted by molar-refractivity contribution is -0.158. The van der Waals surface area contributed by atoms with Gasteiger partial charge in [0.2, 0.25) is 11.7 Å². The average Bonchev–Trinajstić information content (AvgIpc) is 3.01. The third-order valence-corrected chi connectivity index (χ3v) is 4.10. The average molecular weight is 345 g/mol. The minimum Gasteiger partial charge on any atom is -0.452 e. The van der Waals surface area contributed by atoms with E-state index < -0.39 is 18.2 Å². The molecule has 2 unspecified atom stereocenters. The van der Waals surface area contributed by atoms with Crippen LogP contribution in [0, 0.1) is 0 Å². The van der Waals surface area contributed by atoms with Gasteiger partial charge in [-0.2, -0.15) is 0 Å². The Hall–Kier alpha value is -2.47. The maximum absolute atomic E-state index is 12.5. The summed E-state index contributed by atoms with van der Waals surface area (Å²) in [6, 6.07) is 5.19. The quantitative estimate of drug-likeness (QED) is 0.431. The summed E-state index contributed by atoms with van der Waals surface area (Å²) in [5.41, 5.74) is 2.24. The van der Waals surface area contributed by atoms with Crippen LogP contribution >= 0.6 is 0 Å². The molecule has 25 heavy (non-hydrogen) atoms. The third kappa shape index (κ3) is 4.33. The number of fused-ring (bicyclic) bond motifs is 1. The molecular weight excluding hydrogens is 322 g/mol. The molecule has 0 saturated heterocycles. The number of ketones is 1. The van der Waals surface area contributed by atoms with Crippen LogP contribution in [-0.2, 0) is 25.5 Å². The molecule has 0 N–H and O–H groups in total. The molecule has 134 valence electrons. The molecule has 0 radical (unpaired) electrons. The van der Waals surface area contributed by atoms with Crippen LogP contribution in [0.25, 0.3) is 0 Å². The molecule has 1 heterocycles. The van der Waals surface area contributed by atoms with Crippen molar-refractivity contribution in [2.45, 2.75) is 39.4 Å². The Morgan fingerprint density at radius 3 is 2.64 bits per heavy atom. The van der Waals surface area contributed by atoms with Gasteiger partial charge in [-0.25, -0.2) is 4.79 Å². The van der Waals surface area contributed by atoms with Crippen LogP contribution in [0.2, 0.25) is 0 Å². The SMILES string of the molecule is C=CCOC(C)C(=O)OC(C)C(=O)c1ccc2c(c1)CCN2C(C)=O. The van der Waals surface area contributed by atoms with Crippen LogP contribution < -0.4 is 4.90 Å². The number of rotatable bonds is 7. The van der Waals surface area contributed by atoms with Crippen molar-refractivity contribution in [3.05, 3.63) is 42.0 Å². The molecule has 1 amide bonds. The van der Waals surface area contributed by atoms with Crippen molar-refractivity contribution in [2.24, 2.45) is 0 Å². The van der Waals surface area contributed by atoms with Crippen LogP contribution in [0.15, 0.2) is 30.9 Å². The highest BCUT2D eigenvalue weighted by molar-refractivity contribution is 6.02. The number of benzene rings is 1. The normalized spacial score (nSPS) is 15.2. The van der Waals surface area contributed by atoms with Gasteiger partial charge in [0.05, 0.1) is 6.61 Å².